The van der Waals surface area contributed by atoms with Crippen LogP contribution in [0.15, 0.2) is 22.2 Å². The summed E-state index contributed by atoms with van der Waals surface area (Å²) in [4.78, 5) is 19.5. The number of hydrogen-bond donors (Lipinski definition) is 1. The van der Waals surface area contributed by atoms with E-state index in [0.29, 0.717) is 16.1 Å². The number of pyridine rings is 1. The van der Waals surface area contributed by atoms with Crippen molar-refractivity contribution < 1.29 is 9.84 Å². The molecule has 0 atom stereocenters. The Balaban J connectivity index is 1.37. The summed E-state index contributed by atoms with van der Waals surface area (Å²) in [5, 5.41) is 11.5. The van der Waals surface area contributed by atoms with Crippen LogP contribution in [-0.2, 0) is 11.3 Å². The number of anilines is 2. The molecule has 1 spiro atoms. The Hall–Kier alpha value is -1.61. The molecular formula is C22H28ClN5O2S. The van der Waals surface area contributed by atoms with Crippen molar-refractivity contribution in [3.8, 4) is 0 Å². The first-order chi connectivity index (χ1) is 15.1. The zero-order valence-corrected chi connectivity index (χ0v) is 19.4. The molecule has 2 aromatic rings. The second-order valence-electron chi connectivity index (χ2n) is 8.72. The number of hydrogen-bond acceptors (Lipinski definition) is 8. The summed E-state index contributed by atoms with van der Waals surface area (Å²) in [7, 11) is 0. The third-order valence-corrected chi connectivity index (χ3v) is 8.36. The van der Waals surface area contributed by atoms with Gasteiger partial charge in [-0.25, -0.2) is 15.0 Å². The third kappa shape index (κ3) is 4.11. The number of aryl methyl sites for hydroxylation is 1. The number of nitrogens with zero attached hydrogens (tertiary/aromatic N) is 5. The predicted molar refractivity (Wildman–Crippen MR) is 122 cm³/mol. The first-order valence-corrected chi connectivity index (χ1v) is 12.2. The van der Waals surface area contributed by atoms with Crippen LogP contribution in [0.25, 0.3) is 0 Å². The number of aromatic nitrogens is 3. The van der Waals surface area contributed by atoms with Crippen LogP contribution in [0.2, 0.25) is 5.02 Å². The Bertz CT molecular complexity index is 955. The quantitative estimate of drug-likeness (QED) is 0.722. The standard InChI is InChI=1S/C22H28ClN5O2S/c1-15-21(31-17-3-7-24-20(18(17)23)27-8-2-9-27)26-16(13-29)19(25-15)28-10-4-22(5-11-28)6-12-30-14-22/h3,7,29H,2,4-6,8-14H2,1H3. The van der Waals surface area contributed by atoms with Crippen molar-refractivity contribution in [2.24, 2.45) is 5.41 Å². The molecule has 0 bridgehead atoms. The van der Waals surface area contributed by atoms with E-state index in [9.17, 15) is 5.11 Å². The lowest BCUT2D eigenvalue weighted by Crippen LogP contribution is -2.41. The van der Waals surface area contributed by atoms with Crippen LogP contribution in [0.4, 0.5) is 11.6 Å². The van der Waals surface area contributed by atoms with Gasteiger partial charge in [0.1, 0.15) is 16.5 Å². The molecule has 3 saturated heterocycles. The lowest BCUT2D eigenvalue weighted by molar-refractivity contribution is 0.133. The van der Waals surface area contributed by atoms with Crippen molar-refractivity contribution in [2.45, 2.75) is 49.1 Å². The number of piperidine rings is 1. The van der Waals surface area contributed by atoms with Gasteiger partial charge in [0, 0.05) is 43.9 Å². The van der Waals surface area contributed by atoms with Crippen molar-refractivity contribution in [3.63, 3.8) is 0 Å². The van der Waals surface area contributed by atoms with Crippen molar-refractivity contribution in [2.75, 3.05) is 49.2 Å². The summed E-state index contributed by atoms with van der Waals surface area (Å²) in [6.45, 7) is 7.42. The van der Waals surface area contributed by atoms with Crippen LogP contribution in [0.3, 0.4) is 0 Å². The minimum absolute atomic E-state index is 0.135. The topological polar surface area (TPSA) is 74.6 Å². The molecule has 0 radical (unpaired) electrons. The molecule has 31 heavy (non-hydrogen) atoms. The molecular weight excluding hydrogens is 434 g/mol. The van der Waals surface area contributed by atoms with Crippen molar-refractivity contribution in [1.82, 2.24) is 15.0 Å². The molecule has 3 aliphatic rings. The Morgan fingerprint density at radius 3 is 2.55 bits per heavy atom. The number of aliphatic hydroxyl groups is 1. The van der Waals surface area contributed by atoms with Gasteiger partial charge >= 0.3 is 0 Å². The maximum absolute atomic E-state index is 10.0. The van der Waals surface area contributed by atoms with Crippen LogP contribution < -0.4 is 9.80 Å². The summed E-state index contributed by atoms with van der Waals surface area (Å²) in [6.07, 6.45) is 6.32. The fourth-order valence-electron chi connectivity index (χ4n) is 4.56. The van der Waals surface area contributed by atoms with Crippen molar-refractivity contribution in [3.05, 3.63) is 28.7 Å². The first-order valence-electron chi connectivity index (χ1n) is 11.0. The Kier molecular flexibility index (Phi) is 5.98. The van der Waals surface area contributed by atoms with Gasteiger partial charge in [-0.2, -0.15) is 0 Å². The zero-order chi connectivity index (χ0) is 21.4. The average molecular weight is 462 g/mol. The van der Waals surface area contributed by atoms with Gasteiger partial charge in [-0.3, -0.25) is 0 Å². The lowest BCUT2D eigenvalue weighted by Gasteiger charge is -2.39. The molecule has 166 valence electrons. The van der Waals surface area contributed by atoms with Crippen molar-refractivity contribution >= 4 is 35.0 Å². The van der Waals surface area contributed by atoms with Gasteiger partial charge < -0.3 is 19.6 Å². The molecule has 0 amide bonds. The molecule has 7 nitrogen and oxygen atoms in total. The molecule has 3 aliphatic heterocycles. The van der Waals surface area contributed by atoms with Crippen LogP contribution in [-0.4, -0.2) is 59.5 Å². The smallest absolute Gasteiger partial charge is 0.153 e. The Morgan fingerprint density at radius 2 is 1.90 bits per heavy atom. The Morgan fingerprint density at radius 1 is 1.13 bits per heavy atom. The highest BCUT2D eigenvalue weighted by Gasteiger charge is 2.38. The number of ether oxygens (including phenoxy) is 1. The summed E-state index contributed by atoms with van der Waals surface area (Å²) >= 11 is 8.15. The lowest BCUT2D eigenvalue weighted by atomic mass is 9.78. The minimum atomic E-state index is -0.135. The molecule has 5 heterocycles. The highest BCUT2D eigenvalue weighted by molar-refractivity contribution is 7.99. The SMILES string of the molecule is Cc1nc(N2CCC3(CCOC3)CC2)c(CO)nc1Sc1ccnc(N2CCC2)c1Cl. The van der Waals surface area contributed by atoms with E-state index in [1.165, 1.54) is 18.2 Å². The zero-order valence-electron chi connectivity index (χ0n) is 17.8. The number of aliphatic hydroxyl groups excluding tert-OH is 1. The van der Waals surface area contributed by atoms with E-state index in [2.05, 4.69) is 14.8 Å². The minimum Gasteiger partial charge on any atom is -0.390 e. The predicted octanol–water partition coefficient (Wildman–Crippen LogP) is 3.69. The first kappa shape index (κ1) is 21.2. The molecule has 5 rings (SSSR count). The van der Waals surface area contributed by atoms with Gasteiger partial charge in [0.05, 0.1) is 23.9 Å². The summed E-state index contributed by atoms with van der Waals surface area (Å²) in [5.41, 5.74) is 1.81. The van der Waals surface area contributed by atoms with Crippen LogP contribution in [0, 0.1) is 12.3 Å². The van der Waals surface area contributed by atoms with Gasteiger partial charge in [0.25, 0.3) is 0 Å². The number of rotatable bonds is 5. The summed E-state index contributed by atoms with van der Waals surface area (Å²) in [5.74, 6) is 1.64. The molecule has 0 aromatic carbocycles. The average Bonchev–Trinajstić information content (AvgIpc) is 3.19. The van der Waals surface area contributed by atoms with E-state index < -0.39 is 0 Å². The van der Waals surface area contributed by atoms with Crippen molar-refractivity contribution in [1.29, 1.82) is 0 Å². The van der Waals surface area contributed by atoms with E-state index in [1.54, 1.807) is 6.20 Å². The molecule has 0 unspecified atom stereocenters. The molecule has 2 aromatic heterocycles. The molecule has 3 fully saturated rings. The van der Waals surface area contributed by atoms with E-state index >= 15 is 0 Å². The molecule has 9 heteroatoms. The van der Waals surface area contributed by atoms with E-state index in [4.69, 9.17) is 26.3 Å². The normalized spacial score (nSPS) is 20.4. The highest BCUT2D eigenvalue weighted by atomic mass is 35.5. The Labute approximate surface area is 192 Å². The maximum atomic E-state index is 10.0. The highest BCUT2D eigenvalue weighted by Crippen LogP contribution is 2.42. The monoisotopic (exact) mass is 461 g/mol. The summed E-state index contributed by atoms with van der Waals surface area (Å²) < 4.78 is 5.65. The van der Waals surface area contributed by atoms with Gasteiger partial charge in [-0.05, 0) is 44.1 Å². The summed E-state index contributed by atoms with van der Waals surface area (Å²) in [6, 6.07) is 1.91. The van der Waals surface area contributed by atoms with Gasteiger partial charge in [-0.15, -0.1) is 0 Å². The molecule has 0 saturated carbocycles. The van der Waals surface area contributed by atoms with Gasteiger partial charge in [0.15, 0.2) is 5.82 Å². The number of halogens is 1. The van der Waals surface area contributed by atoms with Gasteiger partial charge in [-0.1, -0.05) is 23.4 Å². The maximum Gasteiger partial charge on any atom is 0.153 e. The largest absolute Gasteiger partial charge is 0.390 e. The fourth-order valence-corrected chi connectivity index (χ4v) is 5.78. The second kappa shape index (κ2) is 8.73. The van der Waals surface area contributed by atoms with Crippen LogP contribution >= 0.6 is 23.4 Å². The fraction of sp³-hybridized carbons (Fsp3) is 0.591. The third-order valence-electron chi connectivity index (χ3n) is 6.73. The van der Waals surface area contributed by atoms with Crippen LogP contribution in [0.5, 0.6) is 0 Å². The van der Waals surface area contributed by atoms with E-state index in [1.807, 2.05) is 13.0 Å². The van der Waals surface area contributed by atoms with Crippen LogP contribution in [0.1, 0.15) is 37.1 Å². The second-order valence-corrected chi connectivity index (χ2v) is 10.1. The molecule has 1 N–H and O–H groups in total. The van der Waals surface area contributed by atoms with E-state index in [-0.39, 0.29) is 6.61 Å². The van der Waals surface area contributed by atoms with E-state index in [0.717, 1.165) is 85.9 Å². The molecule has 0 aliphatic carbocycles. The van der Waals surface area contributed by atoms with Gasteiger partial charge in [0.2, 0.25) is 0 Å².